The number of nitrogens with one attached hydrogen (secondary N) is 1. The summed E-state index contributed by atoms with van der Waals surface area (Å²) in [7, 11) is 0. The van der Waals surface area contributed by atoms with Crippen LogP contribution in [0.2, 0.25) is 0 Å². The third-order valence-electron chi connectivity index (χ3n) is 3.23. The SMILES string of the molecule is OCc1cncc(NCc2ccnn2CC2CC2)n1. The van der Waals surface area contributed by atoms with Crippen molar-refractivity contribution in [2.24, 2.45) is 5.92 Å². The first kappa shape index (κ1) is 12.1. The molecular weight excluding hydrogens is 242 g/mol. The Labute approximate surface area is 111 Å². The molecule has 2 aromatic heterocycles. The number of aliphatic hydroxyl groups excluding tert-OH is 1. The molecule has 0 atom stereocenters. The van der Waals surface area contributed by atoms with Crippen molar-refractivity contribution >= 4 is 5.82 Å². The molecular formula is C13H17N5O. The quantitative estimate of drug-likeness (QED) is 0.815. The molecule has 0 amide bonds. The van der Waals surface area contributed by atoms with Gasteiger partial charge in [0.15, 0.2) is 0 Å². The highest BCUT2D eigenvalue weighted by Gasteiger charge is 2.22. The van der Waals surface area contributed by atoms with Crippen molar-refractivity contribution in [1.29, 1.82) is 0 Å². The second-order valence-corrected chi connectivity index (χ2v) is 4.86. The molecule has 1 fully saturated rings. The molecule has 0 unspecified atom stereocenters. The minimum atomic E-state index is -0.0951. The number of nitrogens with zero attached hydrogens (tertiary/aromatic N) is 4. The van der Waals surface area contributed by atoms with Crippen LogP contribution in [-0.2, 0) is 19.7 Å². The predicted molar refractivity (Wildman–Crippen MR) is 70.2 cm³/mol. The van der Waals surface area contributed by atoms with Crippen molar-refractivity contribution in [1.82, 2.24) is 19.7 Å². The molecule has 0 aromatic carbocycles. The number of rotatable bonds is 6. The zero-order chi connectivity index (χ0) is 13.1. The average Bonchev–Trinajstić information content (AvgIpc) is 3.15. The molecule has 0 bridgehead atoms. The summed E-state index contributed by atoms with van der Waals surface area (Å²) >= 11 is 0. The molecule has 2 heterocycles. The third-order valence-corrected chi connectivity index (χ3v) is 3.23. The molecule has 6 heteroatoms. The van der Waals surface area contributed by atoms with E-state index in [2.05, 4.69) is 20.4 Å². The summed E-state index contributed by atoms with van der Waals surface area (Å²) in [5.41, 5.74) is 1.71. The van der Waals surface area contributed by atoms with Crippen molar-refractivity contribution in [3.05, 3.63) is 36.0 Å². The summed E-state index contributed by atoms with van der Waals surface area (Å²) in [5, 5.41) is 16.6. The van der Waals surface area contributed by atoms with E-state index in [-0.39, 0.29) is 6.61 Å². The first-order valence-electron chi connectivity index (χ1n) is 6.51. The van der Waals surface area contributed by atoms with Gasteiger partial charge in [-0.25, -0.2) is 4.98 Å². The minimum absolute atomic E-state index is 0.0951. The molecule has 2 N–H and O–H groups in total. The highest BCUT2D eigenvalue weighted by Crippen LogP contribution is 2.30. The summed E-state index contributed by atoms with van der Waals surface area (Å²) in [6, 6.07) is 2.01. The third kappa shape index (κ3) is 3.08. The van der Waals surface area contributed by atoms with E-state index >= 15 is 0 Å². The summed E-state index contributed by atoms with van der Waals surface area (Å²) in [6.45, 7) is 1.57. The number of hydrogen-bond donors (Lipinski definition) is 2. The second kappa shape index (κ2) is 5.36. The molecule has 19 heavy (non-hydrogen) atoms. The largest absolute Gasteiger partial charge is 0.390 e. The predicted octanol–water partition coefficient (Wildman–Crippen LogP) is 1.19. The van der Waals surface area contributed by atoms with E-state index in [9.17, 15) is 0 Å². The zero-order valence-electron chi connectivity index (χ0n) is 10.7. The van der Waals surface area contributed by atoms with Gasteiger partial charge in [0, 0.05) is 12.7 Å². The molecule has 0 aliphatic heterocycles. The topological polar surface area (TPSA) is 75.9 Å². The van der Waals surface area contributed by atoms with Crippen LogP contribution in [0.15, 0.2) is 24.7 Å². The van der Waals surface area contributed by atoms with Gasteiger partial charge in [0.25, 0.3) is 0 Å². The van der Waals surface area contributed by atoms with Gasteiger partial charge >= 0.3 is 0 Å². The van der Waals surface area contributed by atoms with Crippen LogP contribution in [0.3, 0.4) is 0 Å². The fourth-order valence-corrected chi connectivity index (χ4v) is 1.97. The summed E-state index contributed by atoms with van der Waals surface area (Å²) < 4.78 is 2.05. The van der Waals surface area contributed by atoms with Crippen LogP contribution in [0.4, 0.5) is 5.82 Å². The van der Waals surface area contributed by atoms with Crippen LogP contribution >= 0.6 is 0 Å². The Hall–Kier alpha value is -1.95. The van der Waals surface area contributed by atoms with E-state index in [1.165, 1.54) is 12.8 Å². The highest BCUT2D eigenvalue weighted by molar-refractivity contribution is 5.32. The number of aliphatic hydroxyl groups is 1. The average molecular weight is 259 g/mol. The molecule has 6 nitrogen and oxygen atoms in total. The molecule has 100 valence electrons. The summed E-state index contributed by atoms with van der Waals surface area (Å²) in [5.74, 6) is 1.47. The van der Waals surface area contributed by atoms with Crippen molar-refractivity contribution in [2.45, 2.75) is 32.5 Å². The van der Waals surface area contributed by atoms with Crippen LogP contribution in [-0.4, -0.2) is 24.9 Å². The Kier molecular flexibility index (Phi) is 3.41. The highest BCUT2D eigenvalue weighted by atomic mass is 16.3. The molecule has 1 aliphatic rings. The van der Waals surface area contributed by atoms with Gasteiger partial charge in [-0.3, -0.25) is 9.67 Å². The van der Waals surface area contributed by atoms with Crippen molar-refractivity contribution in [3.63, 3.8) is 0 Å². The lowest BCUT2D eigenvalue weighted by atomic mass is 10.3. The number of hydrogen-bond acceptors (Lipinski definition) is 5. The van der Waals surface area contributed by atoms with Crippen molar-refractivity contribution in [2.75, 3.05) is 5.32 Å². The maximum absolute atomic E-state index is 9.02. The normalized spacial score (nSPS) is 14.6. The fraction of sp³-hybridized carbons (Fsp3) is 0.462. The minimum Gasteiger partial charge on any atom is -0.390 e. The Morgan fingerprint density at radius 1 is 1.37 bits per heavy atom. The van der Waals surface area contributed by atoms with Gasteiger partial charge < -0.3 is 10.4 Å². The van der Waals surface area contributed by atoms with Gasteiger partial charge in [-0.1, -0.05) is 0 Å². The maximum atomic E-state index is 9.02. The van der Waals surface area contributed by atoms with Gasteiger partial charge in [0.2, 0.25) is 0 Å². The smallest absolute Gasteiger partial charge is 0.145 e. The van der Waals surface area contributed by atoms with Crippen LogP contribution in [0.5, 0.6) is 0 Å². The van der Waals surface area contributed by atoms with Crippen molar-refractivity contribution in [3.8, 4) is 0 Å². The molecule has 3 rings (SSSR count). The lowest BCUT2D eigenvalue weighted by molar-refractivity contribution is 0.276. The first-order chi connectivity index (χ1) is 9.35. The molecule has 0 spiro atoms. The molecule has 2 aromatic rings. The Balaban J connectivity index is 1.63. The molecule has 1 aliphatic carbocycles. The van der Waals surface area contributed by atoms with E-state index in [0.29, 0.717) is 18.1 Å². The van der Waals surface area contributed by atoms with E-state index in [4.69, 9.17) is 5.11 Å². The van der Waals surface area contributed by atoms with Gasteiger partial charge in [-0.15, -0.1) is 0 Å². The second-order valence-electron chi connectivity index (χ2n) is 4.86. The fourth-order valence-electron chi connectivity index (χ4n) is 1.97. The Morgan fingerprint density at radius 3 is 3.05 bits per heavy atom. The molecule has 0 radical (unpaired) electrons. The molecule has 0 saturated heterocycles. The lowest BCUT2D eigenvalue weighted by Crippen LogP contribution is -2.11. The zero-order valence-corrected chi connectivity index (χ0v) is 10.7. The van der Waals surface area contributed by atoms with Gasteiger partial charge in [-0.05, 0) is 24.8 Å². The van der Waals surface area contributed by atoms with Gasteiger partial charge in [0.1, 0.15) is 5.82 Å². The number of aromatic nitrogens is 4. The van der Waals surface area contributed by atoms with Crippen LogP contribution in [0.25, 0.3) is 0 Å². The lowest BCUT2D eigenvalue weighted by Gasteiger charge is -2.09. The van der Waals surface area contributed by atoms with Gasteiger partial charge in [0.05, 0.1) is 36.9 Å². The maximum Gasteiger partial charge on any atom is 0.145 e. The van der Waals surface area contributed by atoms with Crippen molar-refractivity contribution < 1.29 is 5.11 Å². The standard InChI is InChI=1S/C13H17N5O/c19-9-11-5-14-7-13(17-11)15-6-12-3-4-16-18(12)8-10-1-2-10/h3-5,7,10,19H,1-2,6,8-9H2,(H,15,17). The van der Waals surface area contributed by atoms with Crippen LogP contribution in [0.1, 0.15) is 24.2 Å². The first-order valence-corrected chi connectivity index (χ1v) is 6.51. The van der Waals surface area contributed by atoms with E-state index in [1.54, 1.807) is 12.4 Å². The Morgan fingerprint density at radius 2 is 2.26 bits per heavy atom. The molecule has 1 saturated carbocycles. The summed E-state index contributed by atoms with van der Waals surface area (Å²) in [6.07, 6.45) is 7.67. The van der Waals surface area contributed by atoms with E-state index in [1.807, 2.05) is 16.9 Å². The van der Waals surface area contributed by atoms with E-state index < -0.39 is 0 Å². The van der Waals surface area contributed by atoms with Gasteiger partial charge in [-0.2, -0.15) is 5.10 Å². The van der Waals surface area contributed by atoms with Crippen LogP contribution in [0, 0.1) is 5.92 Å². The monoisotopic (exact) mass is 259 g/mol. The Bertz CT molecular complexity index is 549. The van der Waals surface area contributed by atoms with Crippen LogP contribution < -0.4 is 5.32 Å². The van der Waals surface area contributed by atoms with E-state index in [0.717, 1.165) is 18.2 Å². The number of anilines is 1. The summed E-state index contributed by atoms with van der Waals surface area (Å²) in [4.78, 5) is 8.27.